The van der Waals surface area contributed by atoms with E-state index in [1.807, 2.05) is 24.0 Å². The lowest BCUT2D eigenvalue weighted by molar-refractivity contribution is 0.107. The maximum absolute atomic E-state index is 17.0. The maximum atomic E-state index is 17.0. The fraction of sp³-hybridized carbons (Fsp3) is 0.394. The van der Waals surface area contributed by atoms with Gasteiger partial charge in [0.2, 0.25) is 0 Å². The molecule has 10 nitrogen and oxygen atoms in total. The quantitative estimate of drug-likeness (QED) is 0.261. The van der Waals surface area contributed by atoms with E-state index in [0.717, 1.165) is 66.4 Å². The minimum atomic E-state index is -0.915. The highest BCUT2D eigenvalue weighted by Crippen LogP contribution is 2.45. The van der Waals surface area contributed by atoms with E-state index in [0.29, 0.717) is 36.5 Å². The Balaban J connectivity index is 1.26. The summed E-state index contributed by atoms with van der Waals surface area (Å²) < 4.78 is 23.3. The monoisotopic (exact) mass is 629 g/mol. The van der Waals surface area contributed by atoms with E-state index in [-0.39, 0.29) is 39.7 Å². The molecule has 0 spiro atoms. The summed E-state index contributed by atoms with van der Waals surface area (Å²) in [5, 5.41) is 18.4. The van der Waals surface area contributed by atoms with Crippen LogP contribution in [-0.4, -0.2) is 91.6 Å². The Hall–Kier alpha value is -4.22. The standard InChI is InChI=1S/C33H33ClFN7O3/c1-17-9-33(10-18(2)13-41(33)12-17)16-45-31-37-29-22(30(38-31)40-14-20-5-6-21(15-40)42(20)32(43)44)8-24(34)27(28(29)35)26-19(3)4-7-25-23(26)11-36-39-25/h4,7-8,11,20-21H,1-2,5-6,9-10,12-16H2,3H3,(H,36,39)(H,43,44)/t20-,21+. The van der Waals surface area contributed by atoms with Crippen molar-refractivity contribution in [3.63, 3.8) is 0 Å². The van der Waals surface area contributed by atoms with Gasteiger partial charge in [-0.15, -0.1) is 0 Å². The molecule has 4 saturated heterocycles. The summed E-state index contributed by atoms with van der Waals surface area (Å²) in [4.78, 5) is 27.5. The van der Waals surface area contributed by atoms with Gasteiger partial charge >= 0.3 is 12.1 Å². The second-order valence-electron chi connectivity index (χ2n) is 13.1. The predicted molar refractivity (Wildman–Crippen MR) is 171 cm³/mol. The normalized spacial score (nSPS) is 22.6. The van der Waals surface area contributed by atoms with E-state index in [4.69, 9.17) is 21.3 Å². The molecule has 4 aliphatic heterocycles. The lowest BCUT2D eigenvalue weighted by Crippen LogP contribution is -2.55. The van der Waals surface area contributed by atoms with Crippen molar-refractivity contribution in [3.05, 3.63) is 65.1 Å². The molecule has 0 unspecified atom stereocenters. The molecule has 2 bridgehead atoms. The molecular weight excluding hydrogens is 597 g/mol. The highest BCUT2D eigenvalue weighted by molar-refractivity contribution is 6.35. The number of halogens is 2. The molecule has 0 saturated carbocycles. The minimum absolute atomic E-state index is 0.0697. The van der Waals surface area contributed by atoms with Gasteiger partial charge in [-0.05, 0) is 50.3 Å². The topological polar surface area (TPSA) is 111 Å². The van der Waals surface area contributed by atoms with Gasteiger partial charge in [0, 0.05) is 48.1 Å². The number of hydrogen-bond acceptors (Lipinski definition) is 7. The van der Waals surface area contributed by atoms with Gasteiger partial charge in [0.05, 0.1) is 34.4 Å². The first-order valence-corrected chi connectivity index (χ1v) is 15.6. The van der Waals surface area contributed by atoms with E-state index in [1.54, 1.807) is 17.2 Å². The van der Waals surface area contributed by atoms with Gasteiger partial charge in [0.25, 0.3) is 0 Å². The lowest BCUT2D eigenvalue weighted by atomic mass is 9.92. The smallest absolute Gasteiger partial charge is 0.407 e. The van der Waals surface area contributed by atoms with Crippen molar-refractivity contribution >= 4 is 45.3 Å². The lowest BCUT2D eigenvalue weighted by Gasteiger charge is -2.40. The fourth-order valence-corrected chi connectivity index (χ4v) is 8.48. The number of anilines is 1. The highest BCUT2D eigenvalue weighted by Gasteiger charge is 2.48. The molecular formula is C33H33ClFN7O3. The number of ether oxygens (including phenoxy) is 1. The van der Waals surface area contributed by atoms with E-state index >= 15 is 4.39 Å². The van der Waals surface area contributed by atoms with Crippen LogP contribution >= 0.6 is 11.6 Å². The molecule has 1 amide bonds. The summed E-state index contributed by atoms with van der Waals surface area (Å²) in [6.45, 7) is 13.1. The van der Waals surface area contributed by atoms with Crippen molar-refractivity contribution in [1.82, 2.24) is 30.0 Å². The summed E-state index contributed by atoms with van der Waals surface area (Å²) >= 11 is 6.92. The third-order valence-corrected chi connectivity index (χ3v) is 10.4. The van der Waals surface area contributed by atoms with E-state index in [1.165, 1.54) is 0 Å². The Morgan fingerprint density at radius 3 is 2.53 bits per heavy atom. The van der Waals surface area contributed by atoms with Crippen molar-refractivity contribution in [3.8, 4) is 17.1 Å². The van der Waals surface area contributed by atoms with Gasteiger partial charge in [-0.25, -0.2) is 9.18 Å². The van der Waals surface area contributed by atoms with Crippen molar-refractivity contribution in [1.29, 1.82) is 0 Å². The molecule has 2 N–H and O–H groups in total. The van der Waals surface area contributed by atoms with Crippen molar-refractivity contribution in [2.75, 3.05) is 37.7 Å². The number of carboxylic acid groups (broad SMARTS) is 1. The largest absolute Gasteiger partial charge is 0.465 e. The van der Waals surface area contributed by atoms with Gasteiger partial charge in [-0.3, -0.25) is 14.9 Å². The first-order chi connectivity index (χ1) is 21.6. The molecule has 45 heavy (non-hydrogen) atoms. The molecule has 2 aromatic heterocycles. The Labute approximate surface area is 264 Å². The summed E-state index contributed by atoms with van der Waals surface area (Å²) in [6.07, 6.45) is 3.86. The number of carbonyl (C=O) groups is 1. The van der Waals surface area contributed by atoms with Crippen LogP contribution < -0.4 is 9.64 Å². The Morgan fingerprint density at radius 1 is 1.13 bits per heavy atom. The average molecular weight is 630 g/mol. The first-order valence-electron chi connectivity index (χ1n) is 15.2. The Kier molecular flexibility index (Phi) is 6.37. The molecule has 6 heterocycles. The van der Waals surface area contributed by atoms with Gasteiger partial charge in [0.15, 0.2) is 5.82 Å². The summed E-state index contributed by atoms with van der Waals surface area (Å²) in [5.41, 5.74) is 4.61. The van der Waals surface area contributed by atoms with Crippen molar-refractivity contribution in [2.45, 2.75) is 50.2 Å². The van der Waals surface area contributed by atoms with Crippen LogP contribution in [0, 0.1) is 12.7 Å². The molecule has 0 aliphatic carbocycles. The molecule has 8 rings (SSSR count). The number of aryl methyl sites for hydroxylation is 1. The number of aromatic nitrogens is 4. The molecule has 2 aromatic carbocycles. The zero-order valence-electron chi connectivity index (χ0n) is 24.9. The van der Waals surface area contributed by atoms with E-state index < -0.39 is 11.9 Å². The van der Waals surface area contributed by atoms with Gasteiger partial charge in [-0.2, -0.15) is 15.1 Å². The molecule has 12 heteroatoms. The minimum Gasteiger partial charge on any atom is -0.465 e. The van der Waals surface area contributed by atoms with Gasteiger partial charge in [-0.1, -0.05) is 42.0 Å². The van der Waals surface area contributed by atoms with Crippen LogP contribution in [0.15, 0.2) is 48.7 Å². The number of fused-ring (bicyclic) bond motifs is 5. The summed E-state index contributed by atoms with van der Waals surface area (Å²) in [5.74, 6) is -0.0817. The molecule has 0 radical (unpaired) electrons. The summed E-state index contributed by atoms with van der Waals surface area (Å²) in [6, 6.07) is 5.24. The molecule has 4 aromatic rings. The number of amides is 1. The van der Waals surface area contributed by atoms with Crippen LogP contribution in [0.1, 0.15) is 31.2 Å². The highest BCUT2D eigenvalue weighted by atomic mass is 35.5. The van der Waals surface area contributed by atoms with Crippen LogP contribution in [0.5, 0.6) is 6.01 Å². The summed E-state index contributed by atoms with van der Waals surface area (Å²) in [7, 11) is 0. The predicted octanol–water partition coefficient (Wildman–Crippen LogP) is 5.94. The van der Waals surface area contributed by atoms with Crippen LogP contribution in [0.4, 0.5) is 15.0 Å². The molecule has 232 valence electrons. The second-order valence-corrected chi connectivity index (χ2v) is 13.5. The third kappa shape index (κ3) is 4.39. The zero-order chi connectivity index (χ0) is 31.2. The Bertz CT molecular complexity index is 1910. The van der Waals surface area contributed by atoms with Gasteiger partial charge < -0.3 is 14.7 Å². The number of H-pyrrole nitrogens is 1. The van der Waals surface area contributed by atoms with Crippen LogP contribution in [0.3, 0.4) is 0 Å². The number of benzene rings is 2. The first kappa shape index (κ1) is 28.3. The number of nitrogens with zero attached hydrogens (tertiary/aromatic N) is 6. The van der Waals surface area contributed by atoms with Crippen LogP contribution in [0.25, 0.3) is 32.9 Å². The number of hydrogen-bond donors (Lipinski definition) is 2. The number of aromatic amines is 1. The number of piperazine rings is 1. The van der Waals surface area contributed by atoms with Crippen LogP contribution in [-0.2, 0) is 0 Å². The number of rotatable bonds is 5. The average Bonchev–Trinajstić information content (AvgIpc) is 3.72. The molecule has 4 aliphatic rings. The Morgan fingerprint density at radius 2 is 1.84 bits per heavy atom. The molecule has 4 fully saturated rings. The van der Waals surface area contributed by atoms with Crippen molar-refractivity contribution in [2.24, 2.45) is 0 Å². The van der Waals surface area contributed by atoms with Crippen LogP contribution in [0.2, 0.25) is 5.02 Å². The molecule has 2 atom stereocenters. The third-order valence-electron chi connectivity index (χ3n) is 10.1. The SMILES string of the molecule is C=C1CN2CC(=C)CC2(COc2nc(N3C[C@H]4CC[C@@H](C3)N4C(=O)O)c3cc(Cl)c(-c4c(C)ccc5[nH]ncc45)c(F)c3n2)C1. The maximum Gasteiger partial charge on any atom is 0.407 e. The van der Waals surface area contributed by atoms with Crippen molar-refractivity contribution < 1.29 is 19.0 Å². The second kappa shape index (κ2) is 10.1. The fourth-order valence-electron chi connectivity index (χ4n) is 8.19. The van der Waals surface area contributed by atoms with Gasteiger partial charge in [0.1, 0.15) is 17.9 Å². The number of nitrogens with one attached hydrogen (secondary N) is 1. The van der Waals surface area contributed by atoms with E-state index in [2.05, 4.69) is 33.2 Å². The zero-order valence-corrected chi connectivity index (χ0v) is 25.7. The van der Waals surface area contributed by atoms with E-state index in [9.17, 15) is 9.90 Å².